The fourth-order valence-corrected chi connectivity index (χ4v) is 6.80. The summed E-state index contributed by atoms with van der Waals surface area (Å²) < 4.78 is 3.19. The van der Waals surface area contributed by atoms with E-state index in [4.69, 9.17) is 0 Å². The molecule has 5 nitrogen and oxygen atoms in total. The third-order valence-electron chi connectivity index (χ3n) is 8.16. The lowest BCUT2D eigenvalue weighted by Gasteiger charge is -2.39. The summed E-state index contributed by atoms with van der Waals surface area (Å²) in [6.07, 6.45) is 14.5. The Labute approximate surface area is 227 Å². The lowest BCUT2D eigenvalue weighted by Crippen LogP contribution is -2.47. The minimum Gasteiger partial charge on any atom is -0.341 e. The number of rotatable bonds is 6. The van der Waals surface area contributed by atoms with Crippen molar-refractivity contribution in [1.82, 2.24) is 19.4 Å². The smallest absolute Gasteiger partial charge is 0.254 e. The van der Waals surface area contributed by atoms with E-state index >= 15 is 0 Å². The van der Waals surface area contributed by atoms with Crippen LogP contribution in [0.5, 0.6) is 0 Å². The second-order valence-corrected chi connectivity index (χ2v) is 11.4. The molecule has 2 aromatic rings. The Balaban J connectivity index is 1.30. The highest BCUT2D eigenvalue weighted by atomic mass is 79.9. The minimum atomic E-state index is 0.206. The highest BCUT2D eigenvalue weighted by Crippen LogP contribution is 2.34. The molecule has 0 unspecified atom stereocenters. The minimum absolute atomic E-state index is 0.206. The van der Waals surface area contributed by atoms with E-state index < -0.39 is 0 Å². The van der Waals surface area contributed by atoms with Crippen molar-refractivity contribution in [3.8, 4) is 22.6 Å². The first-order valence-corrected chi connectivity index (χ1v) is 14.4. The van der Waals surface area contributed by atoms with E-state index in [1.165, 1.54) is 32.1 Å². The second-order valence-electron chi connectivity index (χ2n) is 10.5. The first-order valence-electron chi connectivity index (χ1n) is 13.7. The highest BCUT2D eigenvalue weighted by molar-refractivity contribution is 9.10. The lowest BCUT2D eigenvalue weighted by molar-refractivity contribution is 0.0518. The molecule has 0 aromatic heterocycles. The summed E-state index contributed by atoms with van der Waals surface area (Å²) in [6.45, 7) is 0.664. The molecule has 4 aliphatic rings. The molecule has 0 radical (unpaired) electrons. The van der Waals surface area contributed by atoms with E-state index in [2.05, 4.69) is 59.8 Å². The molecule has 37 heavy (non-hydrogen) atoms. The largest absolute Gasteiger partial charge is 0.341 e. The number of benzene rings is 2. The topological polar surface area (TPSA) is 51.0 Å². The predicted molar refractivity (Wildman–Crippen MR) is 151 cm³/mol. The highest BCUT2D eigenvalue weighted by Gasteiger charge is 2.34. The summed E-state index contributed by atoms with van der Waals surface area (Å²) in [7, 11) is 0. The van der Waals surface area contributed by atoms with Crippen LogP contribution in [0.4, 0.5) is 0 Å². The van der Waals surface area contributed by atoms with E-state index in [1.807, 2.05) is 36.4 Å². The van der Waals surface area contributed by atoms with Crippen molar-refractivity contribution in [3.63, 3.8) is 0 Å². The Morgan fingerprint density at radius 3 is 2.30 bits per heavy atom. The maximum atomic E-state index is 13.9. The molecule has 2 fully saturated rings. The van der Waals surface area contributed by atoms with Crippen molar-refractivity contribution in [3.05, 3.63) is 82.7 Å². The van der Waals surface area contributed by atoms with Crippen LogP contribution in [0.3, 0.4) is 0 Å². The van der Waals surface area contributed by atoms with Gasteiger partial charge in [0.25, 0.3) is 5.91 Å². The molecule has 2 aliphatic carbocycles. The molecule has 2 aliphatic heterocycles. The first kappa shape index (κ1) is 24.4. The zero-order valence-corrected chi connectivity index (χ0v) is 22.7. The van der Waals surface area contributed by atoms with E-state index in [9.17, 15) is 4.79 Å². The monoisotopic (exact) mass is 556 g/mol. The van der Waals surface area contributed by atoms with Crippen LogP contribution >= 0.6 is 15.9 Å². The molecule has 0 spiro atoms. The molecule has 2 saturated carbocycles. The van der Waals surface area contributed by atoms with Gasteiger partial charge in [0.1, 0.15) is 12.0 Å². The molecule has 6 heteroatoms. The zero-order valence-electron chi connectivity index (χ0n) is 21.2. The predicted octanol–water partition coefficient (Wildman–Crippen LogP) is 7.58. The van der Waals surface area contributed by atoms with Gasteiger partial charge < -0.3 is 9.47 Å². The normalized spacial score (nSPS) is 16.9. The van der Waals surface area contributed by atoms with E-state index in [1.54, 1.807) is 6.33 Å². The number of aromatic nitrogens is 3. The van der Waals surface area contributed by atoms with Gasteiger partial charge in [0, 0.05) is 40.4 Å². The van der Waals surface area contributed by atoms with E-state index in [0.717, 1.165) is 63.9 Å². The van der Waals surface area contributed by atoms with Gasteiger partial charge in [-0.2, -0.15) is 0 Å². The Bertz CT molecular complexity index is 1340. The van der Waals surface area contributed by atoms with E-state index in [-0.39, 0.29) is 5.91 Å². The summed E-state index contributed by atoms with van der Waals surface area (Å²) in [4.78, 5) is 25.1. The van der Waals surface area contributed by atoms with Gasteiger partial charge in [-0.15, -0.1) is 0 Å². The van der Waals surface area contributed by atoms with E-state index in [0.29, 0.717) is 18.6 Å². The zero-order chi connectivity index (χ0) is 25.2. The number of imidazole rings is 1. The molecule has 1 amide bonds. The molecule has 0 bridgehead atoms. The summed E-state index contributed by atoms with van der Waals surface area (Å²) in [5.74, 6) is 0.206. The Hall–Kier alpha value is -2.99. The number of fused-ring (bicyclic) bond motifs is 1. The second kappa shape index (κ2) is 10.8. The lowest BCUT2D eigenvalue weighted by atomic mass is 9.92. The molecule has 6 rings (SSSR count). The Morgan fingerprint density at radius 1 is 0.892 bits per heavy atom. The Morgan fingerprint density at radius 2 is 1.59 bits per heavy atom. The fourth-order valence-electron chi connectivity index (χ4n) is 6.29. The number of halogens is 1. The van der Waals surface area contributed by atoms with Crippen LogP contribution in [0, 0.1) is 0 Å². The van der Waals surface area contributed by atoms with Crippen LogP contribution in [0.2, 0.25) is 0 Å². The van der Waals surface area contributed by atoms with Gasteiger partial charge in [-0.25, -0.2) is 9.97 Å². The van der Waals surface area contributed by atoms with Gasteiger partial charge in [0.2, 0.25) is 0 Å². The van der Waals surface area contributed by atoms with Crippen LogP contribution in [-0.4, -0.2) is 37.4 Å². The number of carbonyl (C=O) groups excluding carboxylic acids is 1. The SMILES string of the molecule is O=C(c1ccc(Cn2ccc3ncnc-3c2-c2ccccc2)c(Br)c1)N(C1CCCCC1)C1CCCC1. The van der Waals surface area contributed by atoms with Crippen molar-refractivity contribution in [2.24, 2.45) is 0 Å². The van der Waals surface area contributed by atoms with Crippen molar-refractivity contribution in [1.29, 1.82) is 0 Å². The molecule has 0 atom stereocenters. The summed E-state index contributed by atoms with van der Waals surface area (Å²) in [5, 5.41) is 0. The molecular formula is C31H33BrN4O. The van der Waals surface area contributed by atoms with Gasteiger partial charge in [0.15, 0.2) is 0 Å². The molecule has 2 heterocycles. The molecule has 2 aromatic carbocycles. The van der Waals surface area contributed by atoms with Gasteiger partial charge in [-0.05, 0) is 49.4 Å². The maximum absolute atomic E-state index is 13.9. The number of amides is 1. The average molecular weight is 558 g/mol. The first-order chi connectivity index (χ1) is 18.2. The summed E-state index contributed by atoms with van der Waals surface area (Å²) >= 11 is 3.81. The van der Waals surface area contributed by atoms with Crippen molar-refractivity contribution in [2.45, 2.75) is 76.4 Å². The van der Waals surface area contributed by atoms with Crippen LogP contribution in [0.15, 0.2) is 71.6 Å². The van der Waals surface area contributed by atoms with Crippen LogP contribution in [0.25, 0.3) is 22.6 Å². The van der Waals surface area contributed by atoms with Crippen molar-refractivity contribution < 1.29 is 4.79 Å². The number of carbonyl (C=O) groups is 1. The molecule has 190 valence electrons. The molecule has 0 saturated heterocycles. The summed E-state index contributed by atoms with van der Waals surface area (Å²) in [5.41, 5.74) is 5.87. The maximum Gasteiger partial charge on any atom is 0.254 e. The number of hydrogen-bond donors (Lipinski definition) is 0. The van der Waals surface area contributed by atoms with Crippen molar-refractivity contribution >= 4 is 21.8 Å². The van der Waals surface area contributed by atoms with Crippen molar-refractivity contribution in [2.75, 3.05) is 0 Å². The third kappa shape index (κ3) is 4.96. The third-order valence-corrected chi connectivity index (χ3v) is 8.90. The standard InChI is InChI=1S/C31H33BrN4O/c32-27-19-23(31(37)36(26-13-7-8-14-26)25-11-5-2-6-12-25)15-16-24(27)20-35-18-17-28-29(34-21-33-28)30(35)22-9-3-1-4-10-22/h1,3-4,9-10,15-19,21,25-26H,2,5-8,11-14,20H2. The number of nitrogens with zero attached hydrogens (tertiary/aromatic N) is 4. The Kier molecular flexibility index (Phi) is 7.10. The summed E-state index contributed by atoms with van der Waals surface area (Å²) in [6, 6.07) is 19.3. The molecular weight excluding hydrogens is 524 g/mol. The van der Waals surface area contributed by atoms with Crippen LogP contribution in [-0.2, 0) is 6.54 Å². The molecule has 0 N–H and O–H groups in total. The van der Waals surface area contributed by atoms with Gasteiger partial charge in [-0.1, -0.05) is 84.4 Å². The van der Waals surface area contributed by atoms with Gasteiger partial charge >= 0.3 is 0 Å². The number of pyridine rings is 1. The fraction of sp³-hybridized carbons (Fsp3) is 0.387. The van der Waals surface area contributed by atoms with Gasteiger partial charge in [-0.3, -0.25) is 4.79 Å². The van der Waals surface area contributed by atoms with Crippen LogP contribution in [0.1, 0.15) is 73.7 Å². The average Bonchev–Trinajstić information content (AvgIpc) is 3.64. The van der Waals surface area contributed by atoms with Crippen LogP contribution < -0.4 is 0 Å². The van der Waals surface area contributed by atoms with Gasteiger partial charge in [0.05, 0.1) is 11.4 Å². The quantitative estimate of drug-likeness (QED) is 0.246. The number of hydrogen-bond acceptors (Lipinski definition) is 3.